The van der Waals surface area contributed by atoms with Crippen molar-refractivity contribution in [2.45, 2.75) is 0 Å². The Morgan fingerprint density at radius 2 is 1.38 bits per heavy atom. The van der Waals surface area contributed by atoms with Gasteiger partial charge >= 0.3 is 0 Å². The maximum absolute atomic E-state index is 7.89. The molecule has 0 heterocycles. The Morgan fingerprint density at radius 3 is 2.00 bits per heavy atom. The summed E-state index contributed by atoms with van der Waals surface area (Å²) in [6, 6.07) is -2.34. The lowest BCUT2D eigenvalue weighted by molar-refractivity contribution is 1.61. The van der Waals surface area contributed by atoms with Gasteiger partial charge in [0, 0.05) is 5.69 Å². The summed E-state index contributed by atoms with van der Waals surface area (Å²) >= 11 is 0. The lowest BCUT2D eigenvalue weighted by atomic mass is 10.1. The Morgan fingerprint density at radius 1 is 0.846 bits per heavy atom. The van der Waals surface area contributed by atoms with Crippen LogP contribution in [0.4, 0.5) is 5.69 Å². The monoisotopic (exact) mass is 177 g/mol. The zero-order chi connectivity index (χ0) is 16.1. The van der Waals surface area contributed by atoms with Crippen LogP contribution >= 0.6 is 0 Å². The van der Waals surface area contributed by atoms with Crippen molar-refractivity contribution in [2.75, 3.05) is 5.73 Å². The van der Waals surface area contributed by atoms with Crippen LogP contribution in [0.15, 0.2) is 54.4 Å². The Balaban J connectivity index is 3.00. The fourth-order valence-corrected chi connectivity index (χ4v) is 0.856. The molecule has 0 saturated heterocycles. The molecule has 0 spiro atoms. The molecule has 0 radical (unpaired) electrons. The standard InChI is InChI=1S/C12H11N/c13-12-8-6-11(7-9-12)10-4-2-1-3-5-10/h1-9H,13H2/i2D,3D,4D,5D,6D,7D,8D,9D. The topological polar surface area (TPSA) is 26.0 Å². The van der Waals surface area contributed by atoms with E-state index in [0.717, 1.165) is 6.07 Å². The van der Waals surface area contributed by atoms with Gasteiger partial charge in [-0.2, -0.15) is 0 Å². The van der Waals surface area contributed by atoms with Crippen LogP contribution in [0, 0.1) is 0 Å². The van der Waals surface area contributed by atoms with Crippen LogP contribution in [0.3, 0.4) is 0 Å². The minimum Gasteiger partial charge on any atom is -0.399 e. The molecule has 13 heavy (non-hydrogen) atoms. The highest BCUT2D eigenvalue weighted by Crippen LogP contribution is 2.19. The first kappa shape index (κ1) is 2.88. The number of hydrogen-bond donors (Lipinski definition) is 1. The third kappa shape index (κ3) is 1.70. The Kier molecular flexibility index (Phi) is 0.734. The minimum atomic E-state index is -0.486. The van der Waals surface area contributed by atoms with E-state index in [1.807, 2.05) is 0 Å². The SMILES string of the molecule is [2H]c1cc([2H])c([2H])c(-c2c([2H])c([2H])c(N)c([2H])c2[2H])c1[2H]. The van der Waals surface area contributed by atoms with E-state index < -0.39 is 36.3 Å². The van der Waals surface area contributed by atoms with E-state index >= 15 is 0 Å². The van der Waals surface area contributed by atoms with Crippen molar-refractivity contribution >= 4 is 5.69 Å². The average Bonchev–Trinajstić information content (AvgIpc) is 2.44. The Labute approximate surface area is 89.1 Å². The number of rotatable bonds is 1. The van der Waals surface area contributed by atoms with Gasteiger partial charge in [-0.15, -0.1) is 0 Å². The summed E-state index contributed by atoms with van der Waals surface area (Å²) in [4.78, 5) is 0. The third-order valence-electron chi connectivity index (χ3n) is 1.43. The van der Waals surface area contributed by atoms with Gasteiger partial charge in [-0.3, -0.25) is 0 Å². The zero-order valence-electron chi connectivity index (χ0n) is 14.7. The molecule has 0 amide bonds. The van der Waals surface area contributed by atoms with Crippen LogP contribution in [-0.2, 0) is 0 Å². The van der Waals surface area contributed by atoms with Gasteiger partial charge in [0.15, 0.2) is 0 Å². The number of nitrogens with two attached hydrogens (primary N) is 1. The molecule has 0 atom stereocenters. The van der Waals surface area contributed by atoms with Gasteiger partial charge in [-0.05, 0) is 23.2 Å². The molecular weight excluding hydrogens is 158 g/mol. The van der Waals surface area contributed by atoms with Crippen LogP contribution in [0.25, 0.3) is 11.1 Å². The van der Waals surface area contributed by atoms with Crippen LogP contribution in [0.2, 0.25) is 0 Å². The second kappa shape index (κ2) is 3.31. The van der Waals surface area contributed by atoms with Crippen molar-refractivity contribution < 1.29 is 11.0 Å². The first-order valence-electron chi connectivity index (χ1n) is 7.62. The molecule has 1 nitrogen and oxygen atoms in total. The maximum atomic E-state index is 7.89. The summed E-state index contributed by atoms with van der Waals surface area (Å²) in [6.07, 6.45) is 0. The summed E-state index contributed by atoms with van der Waals surface area (Å²) in [6.45, 7) is 0. The van der Waals surface area contributed by atoms with Crippen LogP contribution in [0.1, 0.15) is 11.0 Å². The lowest BCUT2D eigenvalue weighted by Crippen LogP contribution is -1.83. The summed E-state index contributed by atoms with van der Waals surface area (Å²) in [5.41, 5.74) is 4.62. The van der Waals surface area contributed by atoms with Crippen LogP contribution in [0.5, 0.6) is 0 Å². The second-order valence-corrected chi connectivity index (χ2v) is 2.35. The molecule has 2 aromatic carbocycles. The van der Waals surface area contributed by atoms with Crippen LogP contribution < -0.4 is 5.73 Å². The minimum absolute atomic E-state index is 0.260. The molecule has 0 bridgehead atoms. The van der Waals surface area contributed by atoms with Crippen molar-refractivity contribution in [3.05, 3.63) is 54.4 Å². The molecule has 0 aliphatic rings. The molecular formula is C12H11N. The van der Waals surface area contributed by atoms with Gasteiger partial charge < -0.3 is 5.73 Å². The molecule has 0 aliphatic heterocycles. The molecule has 2 N–H and O–H groups in total. The van der Waals surface area contributed by atoms with Crippen LogP contribution in [-0.4, -0.2) is 0 Å². The summed E-state index contributed by atoms with van der Waals surface area (Å²) in [7, 11) is 0. The maximum Gasteiger partial charge on any atom is 0.0645 e. The highest BCUT2D eigenvalue weighted by atomic mass is 14.5. The largest absolute Gasteiger partial charge is 0.399 e. The second-order valence-electron chi connectivity index (χ2n) is 2.35. The van der Waals surface area contributed by atoms with Crippen molar-refractivity contribution in [1.82, 2.24) is 0 Å². The quantitative estimate of drug-likeness (QED) is 0.666. The van der Waals surface area contributed by atoms with Crippen molar-refractivity contribution in [3.63, 3.8) is 0 Å². The number of benzene rings is 2. The molecule has 2 aromatic rings. The van der Waals surface area contributed by atoms with Gasteiger partial charge in [0.1, 0.15) is 0 Å². The van der Waals surface area contributed by atoms with E-state index in [2.05, 4.69) is 0 Å². The molecule has 1 heteroatoms. The van der Waals surface area contributed by atoms with Gasteiger partial charge in [-0.1, -0.05) is 42.3 Å². The molecule has 0 aromatic heterocycles. The highest BCUT2D eigenvalue weighted by molar-refractivity contribution is 5.65. The van der Waals surface area contributed by atoms with Gasteiger partial charge in [0.2, 0.25) is 0 Å². The first-order chi connectivity index (χ1) is 9.68. The zero-order valence-corrected chi connectivity index (χ0v) is 6.65. The van der Waals surface area contributed by atoms with Crippen molar-refractivity contribution in [2.24, 2.45) is 0 Å². The van der Waals surface area contributed by atoms with E-state index in [1.165, 1.54) is 0 Å². The predicted molar refractivity (Wildman–Crippen MR) is 56.3 cm³/mol. The molecule has 0 aliphatic carbocycles. The van der Waals surface area contributed by atoms with Gasteiger partial charge in [0.25, 0.3) is 0 Å². The number of hydrogen-bond acceptors (Lipinski definition) is 1. The lowest BCUT2D eigenvalue weighted by Gasteiger charge is -2.00. The molecule has 0 saturated carbocycles. The van der Waals surface area contributed by atoms with E-state index in [0.29, 0.717) is 0 Å². The predicted octanol–water partition coefficient (Wildman–Crippen LogP) is 2.94. The molecule has 0 fully saturated rings. The Hall–Kier alpha value is -1.76. The van der Waals surface area contributed by atoms with Crippen molar-refractivity contribution in [1.29, 1.82) is 0 Å². The fourth-order valence-electron chi connectivity index (χ4n) is 0.856. The average molecular weight is 177 g/mol. The molecule has 64 valence electrons. The number of nitrogen functional groups attached to an aromatic ring is 1. The summed E-state index contributed by atoms with van der Waals surface area (Å²) < 4.78 is 62.1. The van der Waals surface area contributed by atoms with E-state index in [1.54, 1.807) is 0 Å². The number of anilines is 1. The van der Waals surface area contributed by atoms with E-state index in [4.69, 9.17) is 16.7 Å². The third-order valence-corrected chi connectivity index (χ3v) is 1.43. The highest BCUT2D eigenvalue weighted by Gasteiger charge is 1.94. The fraction of sp³-hybridized carbons (Fsp3) is 0. The first-order valence-corrected chi connectivity index (χ1v) is 3.62. The smallest absolute Gasteiger partial charge is 0.0645 e. The summed E-state index contributed by atoms with van der Waals surface area (Å²) in [5, 5.41) is 0. The Bertz CT molecular complexity index is 701. The van der Waals surface area contributed by atoms with E-state index in [-0.39, 0.29) is 28.9 Å². The van der Waals surface area contributed by atoms with Crippen molar-refractivity contribution in [3.8, 4) is 11.1 Å². The molecule has 0 unspecified atom stereocenters. The van der Waals surface area contributed by atoms with Gasteiger partial charge in [-0.25, -0.2) is 0 Å². The summed E-state index contributed by atoms with van der Waals surface area (Å²) in [5.74, 6) is 0. The normalized spacial score (nSPS) is 18.5. The van der Waals surface area contributed by atoms with E-state index in [9.17, 15) is 0 Å². The molecule has 2 rings (SSSR count). The van der Waals surface area contributed by atoms with Gasteiger partial charge in [0.05, 0.1) is 11.0 Å².